The van der Waals surface area contributed by atoms with Gasteiger partial charge in [0.2, 0.25) is 11.8 Å². The molecule has 0 aliphatic rings. The van der Waals surface area contributed by atoms with E-state index in [9.17, 15) is 18.0 Å². The molecule has 0 aliphatic carbocycles. The van der Waals surface area contributed by atoms with Gasteiger partial charge >= 0.3 is 0 Å². The largest absolute Gasteiger partial charge is 0.357 e. The molecule has 0 saturated heterocycles. The number of halogens is 2. The number of rotatable bonds is 11. The van der Waals surface area contributed by atoms with E-state index in [1.54, 1.807) is 60.7 Å². The van der Waals surface area contributed by atoms with E-state index in [4.69, 9.17) is 23.2 Å². The van der Waals surface area contributed by atoms with Crippen LogP contribution in [0.1, 0.15) is 16.7 Å². The van der Waals surface area contributed by atoms with Gasteiger partial charge in [0.25, 0.3) is 10.0 Å². The Morgan fingerprint density at radius 1 is 0.857 bits per heavy atom. The number of nitrogens with zero attached hydrogens (tertiary/aromatic N) is 2. The third kappa shape index (κ3) is 7.50. The van der Waals surface area contributed by atoms with Gasteiger partial charge < -0.3 is 10.2 Å². The van der Waals surface area contributed by atoms with Gasteiger partial charge in [-0.15, -0.1) is 0 Å². The van der Waals surface area contributed by atoms with Crippen molar-refractivity contribution in [3.8, 4) is 0 Å². The maximum Gasteiger partial charge on any atom is 0.264 e. The maximum atomic E-state index is 14.3. The Labute approximate surface area is 256 Å². The van der Waals surface area contributed by atoms with E-state index in [1.807, 2.05) is 37.3 Å². The van der Waals surface area contributed by atoms with Crippen LogP contribution in [0.3, 0.4) is 0 Å². The first-order valence-electron chi connectivity index (χ1n) is 13.2. The van der Waals surface area contributed by atoms with Gasteiger partial charge in [0, 0.05) is 30.1 Å². The molecular weight excluding hydrogens is 593 g/mol. The molecule has 0 bridgehead atoms. The highest BCUT2D eigenvalue weighted by molar-refractivity contribution is 7.92. The minimum absolute atomic E-state index is 0.0396. The van der Waals surface area contributed by atoms with Crippen molar-refractivity contribution in [2.75, 3.05) is 17.9 Å². The summed E-state index contributed by atoms with van der Waals surface area (Å²) in [5.41, 5.74) is 2.65. The molecule has 0 radical (unpaired) electrons. The van der Waals surface area contributed by atoms with Crippen LogP contribution in [0.5, 0.6) is 0 Å². The van der Waals surface area contributed by atoms with Crippen LogP contribution < -0.4 is 9.62 Å². The van der Waals surface area contributed by atoms with Crippen molar-refractivity contribution in [2.45, 2.75) is 30.8 Å². The fourth-order valence-electron chi connectivity index (χ4n) is 4.51. The summed E-state index contributed by atoms with van der Waals surface area (Å²) in [6, 6.07) is 28.0. The van der Waals surface area contributed by atoms with E-state index in [2.05, 4.69) is 5.32 Å². The topological polar surface area (TPSA) is 86.8 Å². The van der Waals surface area contributed by atoms with Crippen LogP contribution in [0.25, 0.3) is 0 Å². The van der Waals surface area contributed by atoms with Gasteiger partial charge in [-0.3, -0.25) is 13.9 Å². The second kappa shape index (κ2) is 13.9. The molecular formula is C32H31Cl2N3O4S. The van der Waals surface area contributed by atoms with Gasteiger partial charge in [-0.1, -0.05) is 95.5 Å². The van der Waals surface area contributed by atoms with E-state index in [1.165, 1.54) is 24.1 Å². The number of carbonyl (C=O) groups is 2. The van der Waals surface area contributed by atoms with Crippen molar-refractivity contribution < 1.29 is 18.0 Å². The Kier molecular flexibility index (Phi) is 10.3. The SMILES string of the molecule is CNC(=O)[C@H](Cc1ccccc1)N(Cc1ccc(Cl)cc1Cl)C(=O)CN(c1ccc(C)cc1)S(=O)(=O)c1ccccc1. The quantitative estimate of drug-likeness (QED) is 0.226. The lowest BCUT2D eigenvalue weighted by molar-refractivity contribution is -0.139. The summed E-state index contributed by atoms with van der Waals surface area (Å²) >= 11 is 12.6. The monoisotopic (exact) mass is 623 g/mol. The Bertz CT molecular complexity index is 1630. The molecule has 0 heterocycles. The zero-order valence-electron chi connectivity index (χ0n) is 23.2. The average molecular weight is 625 g/mol. The van der Waals surface area contributed by atoms with Crippen LogP contribution in [0, 0.1) is 6.92 Å². The predicted octanol–water partition coefficient (Wildman–Crippen LogP) is 5.88. The summed E-state index contributed by atoms with van der Waals surface area (Å²) in [6.07, 6.45) is 0.202. The van der Waals surface area contributed by atoms with E-state index in [-0.39, 0.29) is 17.9 Å². The number of amides is 2. The van der Waals surface area contributed by atoms with Crippen molar-refractivity contribution in [3.63, 3.8) is 0 Å². The second-order valence-corrected chi connectivity index (χ2v) is 12.4. The third-order valence-electron chi connectivity index (χ3n) is 6.81. The Morgan fingerprint density at radius 2 is 1.48 bits per heavy atom. The number of likely N-dealkylation sites (N-methyl/N-ethyl adjacent to an activating group) is 1. The molecule has 1 N–H and O–H groups in total. The third-order valence-corrected chi connectivity index (χ3v) is 9.18. The fraction of sp³-hybridized carbons (Fsp3) is 0.188. The van der Waals surface area contributed by atoms with Crippen molar-refractivity contribution in [1.82, 2.24) is 10.2 Å². The summed E-state index contributed by atoms with van der Waals surface area (Å²) in [5.74, 6) is -0.976. The standard InChI is InChI=1S/C32H31Cl2N3O4S/c1-23-13-17-27(18-14-23)37(42(40,41)28-11-7-4-8-12-28)22-31(38)36(21-25-15-16-26(33)20-29(25)34)30(32(39)35-2)19-24-9-5-3-6-10-24/h3-18,20,30H,19,21-22H2,1-2H3,(H,35,39)/t30-/m0/s1. The molecule has 1 atom stereocenters. The lowest BCUT2D eigenvalue weighted by Crippen LogP contribution is -2.53. The summed E-state index contributed by atoms with van der Waals surface area (Å²) < 4.78 is 28.9. The number of benzene rings is 4. The van der Waals surface area contributed by atoms with Crippen LogP contribution >= 0.6 is 23.2 Å². The molecule has 4 aromatic rings. The minimum atomic E-state index is -4.15. The molecule has 7 nitrogen and oxygen atoms in total. The lowest BCUT2D eigenvalue weighted by atomic mass is 10.0. The van der Waals surface area contributed by atoms with Gasteiger partial charge in [-0.2, -0.15) is 0 Å². The Hall–Kier alpha value is -3.85. The van der Waals surface area contributed by atoms with Crippen molar-refractivity contribution in [2.24, 2.45) is 0 Å². The molecule has 0 saturated carbocycles. The summed E-state index contributed by atoms with van der Waals surface area (Å²) in [5, 5.41) is 3.41. The fourth-order valence-corrected chi connectivity index (χ4v) is 6.42. The summed E-state index contributed by atoms with van der Waals surface area (Å²) in [4.78, 5) is 29.0. The number of carbonyl (C=O) groups excluding carboxylic acids is 2. The molecule has 218 valence electrons. The highest BCUT2D eigenvalue weighted by Gasteiger charge is 2.34. The predicted molar refractivity (Wildman–Crippen MR) is 167 cm³/mol. The number of anilines is 1. The average Bonchev–Trinajstić information content (AvgIpc) is 2.99. The van der Waals surface area contributed by atoms with E-state index >= 15 is 0 Å². The van der Waals surface area contributed by atoms with Crippen LogP contribution in [0.4, 0.5) is 5.69 Å². The molecule has 4 rings (SSSR count). The molecule has 0 fully saturated rings. The van der Waals surface area contributed by atoms with Crippen LogP contribution in [-0.2, 0) is 32.6 Å². The first-order chi connectivity index (χ1) is 20.1. The second-order valence-electron chi connectivity index (χ2n) is 9.74. The number of hydrogen-bond donors (Lipinski definition) is 1. The van der Waals surface area contributed by atoms with E-state index in [0.29, 0.717) is 21.3 Å². The van der Waals surface area contributed by atoms with Crippen molar-refractivity contribution >= 4 is 50.7 Å². The van der Waals surface area contributed by atoms with Crippen molar-refractivity contribution in [3.05, 3.63) is 130 Å². The van der Waals surface area contributed by atoms with Gasteiger partial charge in [0.1, 0.15) is 12.6 Å². The first-order valence-corrected chi connectivity index (χ1v) is 15.4. The molecule has 42 heavy (non-hydrogen) atoms. The molecule has 0 spiro atoms. The zero-order chi connectivity index (χ0) is 30.3. The van der Waals surface area contributed by atoms with Gasteiger partial charge in [0.15, 0.2) is 0 Å². The van der Waals surface area contributed by atoms with Crippen LogP contribution in [0.15, 0.2) is 108 Å². The summed E-state index contributed by atoms with van der Waals surface area (Å²) in [7, 11) is -2.65. The zero-order valence-corrected chi connectivity index (χ0v) is 25.5. The molecule has 2 amide bonds. The van der Waals surface area contributed by atoms with Gasteiger partial charge in [-0.25, -0.2) is 8.42 Å². The highest BCUT2D eigenvalue weighted by Crippen LogP contribution is 2.27. The lowest BCUT2D eigenvalue weighted by Gasteiger charge is -2.33. The number of hydrogen-bond acceptors (Lipinski definition) is 4. The number of aryl methyl sites for hydroxylation is 1. The molecule has 0 unspecified atom stereocenters. The molecule has 0 aromatic heterocycles. The van der Waals surface area contributed by atoms with Crippen LogP contribution in [-0.4, -0.2) is 44.8 Å². The Morgan fingerprint density at radius 3 is 2.07 bits per heavy atom. The molecule has 4 aromatic carbocycles. The van der Waals surface area contributed by atoms with Gasteiger partial charge in [-0.05, 0) is 54.4 Å². The van der Waals surface area contributed by atoms with E-state index < -0.39 is 34.4 Å². The molecule has 10 heteroatoms. The number of nitrogens with one attached hydrogen (secondary N) is 1. The van der Waals surface area contributed by atoms with Gasteiger partial charge in [0.05, 0.1) is 10.6 Å². The summed E-state index contributed by atoms with van der Waals surface area (Å²) in [6.45, 7) is 1.29. The normalized spacial score (nSPS) is 11.9. The smallest absolute Gasteiger partial charge is 0.264 e. The van der Waals surface area contributed by atoms with Crippen molar-refractivity contribution in [1.29, 1.82) is 0 Å². The first kappa shape index (κ1) is 31.1. The van der Waals surface area contributed by atoms with E-state index in [0.717, 1.165) is 15.4 Å². The molecule has 0 aliphatic heterocycles. The maximum absolute atomic E-state index is 14.3. The highest BCUT2D eigenvalue weighted by atomic mass is 35.5. The number of sulfonamides is 1. The Balaban J connectivity index is 1.79. The van der Waals surface area contributed by atoms with Crippen LogP contribution in [0.2, 0.25) is 10.0 Å². The minimum Gasteiger partial charge on any atom is -0.357 e.